The minimum atomic E-state index is -0.555. The van der Waals surface area contributed by atoms with Gasteiger partial charge in [-0.3, -0.25) is 4.98 Å². The first-order valence-corrected chi connectivity index (χ1v) is 7.12. The third kappa shape index (κ3) is 2.89. The van der Waals surface area contributed by atoms with Gasteiger partial charge in [0.1, 0.15) is 0 Å². The van der Waals surface area contributed by atoms with Crippen molar-refractivity contribution in [1.82, 2.24) is 4.98 Å². The van der Waals surface area contributed by atoms with Crippen LogP contribution in [0.1, 0.15) is 38.7 Å². The predicted molar refractivity (Wildman–Crippen MR) is 72.8 cm³/mol. The Balaban J connectivity index is 2.16. The molecule has 2 nitrogen and oxygen atoms in total. The van der Waals surface area contributed by atoms with Crippen LogP contribution in [0.3, 0.4) is 0 Å². The second kappa shape index (κ2) is 5.07. The summed E-state index contributed by atoms with van der Waals surface area (Å²) in [5.41, 5.74) is 0.558. The molecule has 3 atom stereocenters. The van der Waals surface area contributed by atoms with Gasteiger partial charge in [0.05, 0.1) is 5.60 Å². The Hall–Kier alpha value is -0.410. The molecule has 0 spiro atoms. The molecule has 3 heteroatoms. The number of aromatic nitrogens is 1. The summed E-state index contributed by atoms with van der Waals surface area (Å²) in [5.74, 6) is 0.962. The summed E-state index contributed by atoms with van der Waals surface area (Å²) < 4.78 is 0.982. The standard InChI is InChI=1S/C14H20BrNO/c1-10-4-3-5-14(17,11(10)2)7-12-6-13(15)9-16-8-12/h6,8-11,17H,3-5,7H2,1-2H3. The highest BCUT2D eigenvalue weighted by Crippen LogP contribution is 2.39. The molecular weight excluding hydrogens is 278 g/mol. The molecule has 1 fully saturated rings. The second-order valence-electron chi connectivity index (χ2n) is 5.45. The molecule has 1 aliphatic carbocycles. The van der Waals surface area contributed by atoms with E-state index in [1.54, 1.807) is 6.20 Å². The Morgan fingerprint density at radius 3 is 2.94 bits per heavy atom. The van der Waals surface area contributed by atoms with Crippen molar-refractivity contribution in [3.8, 4) is 0 Å². The van der Waals surface area contributed by atoms with Crippen molar-refractivity contribution in [3.05, 3.63) is 28.5 Å². The van der Waals surface area contributed by atoms with Gasteiger partial charge in [-0.2, -0.15) is 0 Å². The Morgan fingerprint density at radius 1 is 1.47 bits per heavy atom. The summed E-state index contributed by atoms with van der Waals surface area (Å²) >= 11 is 3.43. The molecule has 1 heterocycles. The maximum Gasteiger partial charge on any atom is 0.0716 e. The van der Waals surface area contributed by atoms with E-state index < -0.39 is 5.60 Å². The maximum atomic E-state index is 10.8. The molecule has 1 aromatic rings. The van der Waals surface area contributed by atoms with Gasteiger partial charge in [0.15, 0.2) is 0 Å². The molecule has 1 N–H and O–H groups in total. The Bertz CT molecular complexity index is 396. The summed E-state index contributed by atoms with van der Waals surface area (Å²) in [4.78, 5) is 4.17. The summed E-state index contributed by atoms with van der Waals surface area (Å²) in [6.45, 7) is 4.42. The SMILES string of the molecule is CC1CCCC(O)(Cc2cncc(Br)c2)C1C. The zero-order valence-corrected chi connectivity index (χ0v) is 12.1. The van der Waals surface area contributed by atoms with Gasteiger partial charge in [-0.15, -0.1) is 0 Å². The van der Waals surface area contributed by atoms with Crippen LogP contribution in [0, 0.1) is 11.8 Å². The highest BCUT2D eigenvalue weighted by Gasteiger charge is 2.39. The number of hydrogen-bond donors (Lipinski definition) is 1. The van der Waals surface area contributed by atoms with Crippen molar-refractivity contribution >= 4 is 15.9 Å². The van der Waals surface area contributed by atoms with Crippen LogP contribution in [-0.2, 0) is 6.42 Å². The fraction of sp³-hybridized carbons (Fsp3) is 0.643. The highest BCUT2D eigenvalue weighted by atomic mass is 79.9. The molecule has 1 aliphatic rings. The Kier molecular flexibility index (Phi) is 3.88. The monoisotopic (exact) mass is 297 g/mol. The first-order chi connectivity index (χ1) is 8.01. The minimum absolute atomic E-state index is 0.357. The molecule has 17 heavy (non-hydrogen) atoms. The third-order valence-corrected chi connectivity index (χ3v) is 4.68. The predicted octanol–water partition coefficient (Wildman–Crippen LogP) is 3.57. The first kappa shape index (κ1) is 13.0. The molecule has 1 aromatic heterocycles. The lowest BCUT2D eigenvalue weighted by Gasteiger charge is -2.42. The van der Waals surface area contributed by atoms with Gasteiger partial charge >= 0.3 is 0 Å². The van der Waals surface area contributed by atoms with Crippen LogP contribution in [0.5, 0.6) is 0 Å². The van der Waals surface area contributed by atoms with Gasteiger partial charge in [-0.05, 0) is 45.8 Å². The molecule has 0 saturated heterocycles. The number of hydrogen-bond acceptors (Lipinski definition) is 2. The molecule has 1 saturated carbocycles. The second-order valence-corrected chi connectivity index (χ2v) is 6.37. The Labute approximate surface area is 112 Å². The summed E-state index contributed by atoms with van der Waals surface area (Å²) in [5, 5.41) is 10.8. The van der Waals surface area contributed by atoms with E-state index in [1.807, 2.05) is 6.20 Å². The van der Waals surface area contributed by atoms with Gasteiger partial charge in [0.25, 0.3) is 0 Å². The molecule has 2 rings (SSSR count). The lowest BCUT2D eigenvalue weighted by atomic mass is 9.68. The van der Waals surface area contributed by atoms with Crippen molar-refractivity contribution in [3.63, 3.8) is 0 Å². The molecule has 0 aliphatic heterocycles. The summed E-state index contributed by atoms with van der Waals surface area (Å²) in [7, 11) is 0. The number of aliphatic hydroxyl groups is 1. The van der Waals surface area contributed by atoms with Crippen molar-refractivity contribution < 1.29 is 5.11 Å². The molecule has 0 aromatic carbocycles. The van der Waals surface area contributed by atoms with E-state index >= 15 is 0 Å². The summed E-state index contributed by atoms with van der Waals surface area (Å²) in [6, 6.07) is 2.05. The third-order valence-electron chi connectivity index (χ3n) is 4.24. The number of nitrogens with zero attached hydrogens (tertiary/aromatic N) is 1. The average Bonchev–Trinajstić information content (AvgIpc) is 2.26. The van der Waals surface area contributed by atoms with Crippen LogP contribution in [0.15, 0.2) is 22.9 Å². The number of halogens is 1. The van der Waals surface area contributed by atoms with Gasteiger partial charge in [0.2, 0.25) is 0 Å². The number of pyridine rings is 1. The van der Waals surface area contributed by atoms with Crippen LogP contribution in [0.2, 0.25) is 0 Å². The Morgan fingerprint density at radius 2 is 2.24 bits per heavy atom. The van der Waals surface area contributed by atoms with E-state index in [0.29, 0.717) is 18.3 Å². The minimum Gasteiger partial charge on any atom is -0.389 e. The van der Waals surface area contributed by atoms with Crippen molar-refractivity contribution in [2.24, 2.45) is 11.8 Å². The summed E-state index contributed by atoms with van der Waals surface area (Å²) in [6.07, 6.45) is 7.62. The van der Waals surface area contributed by atoms with E-state index in [1.165, 1.54) is 6.42 Å². The van der Waals surface area contributed by atoms with E-state index in [-0.39, 0.29) is 0 Å². The topological polar surface area (TPSA) is 33.1 Å². The molecule has 0 amide bonds. The van der Waals surface area contributed by atoms with E-state index in [0.717, 1.165) is 22.9 Å². The van der Waals surface area contributed by atoms with E-state index in [4.69, 9.17) is 0 Å². The fourth-order valence-electron chi connectivity index (χ4n) is 2.89. The van der Waals surface area contributed by atoms with Crippen molar-refractivity contribution in [2.45, 2.75) is 45.1 Å². The zero-order valence-electron chi connectivity index (χ0n) is 10.5. The van der Waals surface area contributed by atoms with Crippen LogP contribution in [0.4, 0.5) is 0 Å². The molecule has 94 valence electrons. The van der Waals surface area contributed by atoms with Gasteiger partial charge in [-0.25, -0.2) is 0 Å². The molecule has 0 radical (unpaired) electrons. The smallest absolute Gasteiger partial charge is 0.0716 e. The largest absolute Gasteiger partial charge is 0.389 e. The molecule has 3 unspecified atom stereocenters. The maximum absolute atomic E-state index is 10.8. The van der Waals surface area contributed by atoms with Crippen molar-refractivity contribution in [1.29, 1.82) is 0 Å². The zero-order chi connectivity index (χ0) is 12.5. The van der Waals surface area contributed by atoms with E-state index in [9.17, 15) is 5.11 Å². The quantitative estimate of drug-likeness (QED) is 0.905. The average molecular weight is 298 g/mol. The highest BCUT2D eigenvalue weighted by molar-refractivity contribution is 9.10. The van der Waals surface area contributed by atoms with Gasteiger partial charge in [-0.1, -0.05) is 26.7 Å². The number of rotatable bonds is 2. The van der Waals surface area contributed by atoms with E-state index in [2.05, 4.69) is 40.8 Å². The molecule has 0 bridgehead atoms. The van der Waals surface area contributed by atoms with Crippen LogP contribution >= 0.6 is 15.9 Å². The fourth-order valence-corrected chi connectivity index (χ4v) is 3.31. The van der Waals surface area contributed by atoms with Crippen LogP contribution in [-0.4, -0.2) is 15.7 Å². The first-order valence-electron chi connectivity index (χ1n) is 6.33. The molecular formula is C14H20BrNO. The van der Waals surface area contributed by atoms with Crippen molar-refractivity contribution in [2.75, 3.05) is 0 Å². The lowest BCUT2D eigenvalue weighted by Crippen LogP contribution is -2.44. The van der Waals surface area contributed by atoms with Gasteiger partial charge < -0.3 is 5.11 Å². The van der Waals surface area contributed by atoms with Crippen LogP contribution < -0.4 is 0 Å². The normalized spacial score (nSPS) is 33.6. The van der Waals surface area contributed by atoms with Crippen LogP contribution in [0.25, 0.3) is 0 Å². The lowest BCUT2D eigenvalue weighted by molar-refractivity contribution is -0.0621. The van der Waals surface area contributed by atoms with Gasteiger partial charge in [0, 0.05) is 23.3 Å².